The number of nitrogens with two attached hydrogens (primary N) is 1. The fraction of sp³-hybridized carbons (Fsp3) is 0.385. The van der Waals surface area contributed by atoms with Crippen molar-refractivity contribution in [1.29, 1.82) is 0 Å². The van der Waals surface area contributed by atoms with Gasteiger partial charge >= 0.3 is 0 Å². The summed E-state index contributed by atoms with van der Waals surface area (Å²) in [6, 6.07) is 6.06. The highest BCUT2D eigenvalue weighted by Gasteiger charge is 2.27. The summed E-state index contributed by atoms with van der Waals surface area (Å²) in [6.07, 6.45) is 4.49. The Morgan fingerprint density at radius 2 is 2.17 bits per heavy atom. The van der Waals surface area contributed by atoms with E-state index in [2.05, 4.69) is 29.0 Å². The maximum Gasteiger partial charge on any atom is 0.251 e. The Balaban J connectivity index is 1.43. The quantitative estimate of drug-likeness (QED) is 0.294. The van der Waals surface area contributed by atoms with E-state index in [1.807, 2.05) is 36.6 Å². The molecule has 3 aromatic rings. The minimum Gasteiger partial charge on any atom is -0.485 e. The molecule has 0 saturated heterocycles. The normalized spacial score (nSPS) is 14.8. The van der Waals surface area contributed by atoms with Gasteiger partial charge in [0.1, 0.15) is 17.4 Å². The molecule has 0 spiro atoms. The Kier molecular flexibility index (Phi) is 8.15. The average Bonchev–Trinajstić information content (AvgIpc) is 3.38. The number of hydrogen-bond donors (Lipinski definition) is 2. The van der Waals surface area contributed by atoms with Crippen molar-refractivity contribution in [2.75, 3.05) is 11.1 Å². The van der Waals surface area contributed by atoms with E-state index >= 15 is 0 Å². The summed E-state index contributed by atoms with van der Waals surface area (Å²) in [7, 11) is 0. The molecular weight excluding hydrogens is 494 g/mol. The maximum absolute atomic E-state index is 12.8. The molecule has 3 N–H and O–H groups in total. The summed E-state index contributed by atoms with van der Waals surface area (Å²) < 4.78 is 7.89. The number of rotatable bonds is 10. The molecule has 1 aliphatic carbocycles. The van der Waals surface area contributed by atoms with Gasteiger partial charge in [-0.15, -0.1) is 28.1 Å². The number of hydrogen-bond acceptors (Lipinski definition) is 7. The van der Waals surface area contributed by atoms with Gasteiger partial charge < -0.3 is 15.8 Å². The van der Waals surface area contributed by atoms with Crippen LogP contribution in [0.4, 0.5) is 5.00 Å². The largest absolute Gasteiger partial charge is 0.485 e. The van der Waals surface area contributed by atoms with E-state index in [0.717, 1.165) is 46.6 Å². The number of amides is 2. The number of nitrogens with one attached hydrogen (secondary N) is 1. The highest BCUT2D eigenvalue weighted by molar-refractivity contribution is 7.99. The molecule has 1 atom stereocenters. The smallest absolute Gasteiger partial charge is 0.251 e. The van der Waals surface area contributed by atoms with E-state index in [1.54, 1.807) is 6.08 Å². The van der Waals surface area contributed by atoms with Gasteiger partial charge in [-0.3, -0.25) is 14.2 Å². The molecule has 0 radical (unpaired) electrons. The van der Waals surface area contributed by atoms with Crippen LogP contribution in [0.5, 0.6) is 5.75 Å². The minimum absolute atomic E-state index is 0.115. The number of nitrogens with zero attached hydrogens (tertiary/aromatic N) is 3. The van der Waals surface area contributed by atoms with Crippen molar-refractivity contribution < 1.29 is 14.3 Å². The summed E-state index contributed by atoms with van der Waals surface area (Å²) in [4.78, 5) is 26.1. The predicted octanol–water partition coefficient (Wildman–Crippen LogP) is 4.68. The van der Waals surface area contributed by atoms with Crippen molar-refractivity contribution in [3.05, 3.63) is 63.8 Å². The molecule has 2 heterocycles. The summed E-state index contributed by atoms with van der Waals surface area (Å²) in [5.41, 5.74) is 9.28. The number of primary amides is 1. The van der Waals surface area contributed by atoms with Crippen molar-refractivity contribution in [2.24, 2.45) is 11.7 Å². The molecule has 0 bridgehead atoms. The van der Waals surface area contributed by atoms with Crippen LogP contribution < -0.4 is 15.8 Å². The van der Waals surface area contributed by atoms with Crippen LogP contribution in [-0.4, -0.2) is 32.3 Å². The van der Waals surface area contributed by atoms with Crippen LogP contribution in [0.15, 0.2) is 36.0 Å². The van der Waals surface area contributed by atoms with E-state index in [0.29, 0.717) is 34.0 Å². The zero-order valence-electron chi connectivity index (χ0n) is 20.8. The van der Waals surface area contributed by atoms with Gasteiger partial charge in [0.25, 0.3) is 5.91 Å². The molecule has 1 aliphatic rings. The first-order valence-corrected chi connectivity index (χ1v) is 13.7. The third-order valence-corrected chi connectivity index (χ3v) is 8.29. The molecule has 190 valence electrons. The summed E-state index contributed by atoms with van der Waals surface area (Å²) in [5, 5.41) is 12.6. The fourth-order valence-electron chi connectivity index (χ4n) is 4.24. The fourth-order valence-corrected chi connectivity index (χ4v) is 6.44. The zero-order chi connectivity index (χ0) is 25.8. The molecule has 1 aromatic carbocycles. The number of carbonyl (C=O) groups excluding carboxylic acids is 2. The molecule has 8 nitrogen and oxygen atoms in total. The molecule has 0 fully saturated rings. The van der Waals surface area contributed by atoms with Crippen LogP contribution in [0.25, 0.3) is 0 Å². The zero-order valence-corrected chi connectivity index (χ0v) is 22.4. The monoisotopic (exact) mass is 525 g/mol. The van der Waals surface area contributed by atoms with E-state index in [4.69, 9.17) is 10.5 Å². The summed E-state index contributed by atoms with van der Waals surface area (Å²) >= 11 is 2.74. The number of aryl methyl sites for hydroxylation is 2. The SMILES string of the molecule is C=CCn1c(COc2cc(C)ccc2C)nnc1SCC(=O)Nc1sc2c(c1C(N)=O)CCC(C)C2. The first kappa shape index (κ1) is 26.0. The molecule has 0 saturated carbocycles. The molecule has 2 amide bonds. The van der Waals surface area contributed by atoms with E-state index < -0.39 is 5.91 Å². The number of thioether (sulfide) groups is 1. The molecule has 1 unspecified atom stereocenters. The van der Waals surface area contributed by atoms with Crippen LogP contribution in [-0.2, 0) is 30.8 Å². The van der Waals surface area contributed by atoms with Crippen molar-refractivity contribution in [3.8, 4) is 5.75 Å². The van der Waals surface area contributed by atoms with E-state index in [9.17, 15) is 9.59 Å². The number of aromatic nitrogens is 3. The van der Waals surface area contributed by atoms with Crippen molar-refractivity contribution >= 4 is 39.9 Å². The van der Waals surface area contributed by atoms with Gasteiger partial charge in [0.15, 0.2) is 11.0 Å². The lowest BCUT2D eigenvalue weighted by molar-refractivity contribution is -0.113. The number of carbonyl (C=O) groups is 2. The molecule has 10 heteroatoms. The maximum atomic E-state index is 12.8. The lowest BCUT2D eigenvalue weighted by Crippen LogP contribution is -2.20. The highest BCUT2D eigenvalue weighted by Crippen LogP contribution is 2.39. The number of fused-ring (bicyclic) bond motifs is 1. The number of anilines is 1. The molecule has 36 heavy (non-hydrogen) atoms. The van der Waals surface area contributed by atoms with E-state index in [-0.39, 0.29) is 18.3 Å². The molecular formula is C26H31N5O3S2. The second-order valence-corrected chi connectivity index (χ2v) is 11.2. The lowest BCUT2D eigenvalue weighted by atomic mass is 9.88. The topological polar surface area (TPSA) is 112 Å². The Labute approximate surface area is 219 Å². The number of benzene rings is 1. The van der Waals surface area contributed by atoms with Gasteiger partial charge in [0, 0.05) is 11.4 Å². The van der Waals surface area contributed by atoms with Gasteiger partial charge in [-0.05, 0) is 61.8 Å². The van der Waals surface area contributed by atoms with Gasteiger partial charge in [-0.2, -0.15) is 0 Å². The van der Waals surface area contributed by atoms with Crippen LogP contribution >= 0.6 is 23.1 Å². The second kappa shape index (κ2) is 11.3. The van der Waals surface area contributed by atoms with Crippen LogP contribution in [0.1, 0.15) is 51.1 Å². The van der Waals surface area contributed by atoms with Crippen LogP contribution in [0.2, 0.25) is 0 Å². The first-order chi connectivity index (χ1) is 17.3. The van der Waals surface area contributed by atoms with Crippen molar-refractivity contribution in [1.82, 2.24) is 14.8 Å². The number of thiophene rings is 1. The highest BCUT2D eigenvalue weighted by atomic mass is 32.2. The van der Waals surface area contributed by atoms with Gasteiger partial charge in [-0.1, -0.05) is 36.9 Å². The Morgan fingerprint density at radius 1 is 1.36 bits per heavy atom. The summed E-state index contributed by atoms with van der Waals surface area (Å²) in [5.74, 6) is 1.40. The van der Waals surface area contributed by atoms with Crippen molar-refractivity contribution in [3.63, 3.8) is 0 Å². The third-order valence-electron chi connectivity index (χ3n) is 6.15. The molecule has 2 aromatic heterocycles. The average molecular weight is 526 g/mol. The van der Waals surface area contributed by atoms with Gasteiger partial charge in [0.05, 0.1) is 11.3 Å². The standard InChI is InChI=1S/C26H31N5O3S2/c1-5-10-31-21(13-34-19-11-15(2)6-8-17(19)4)29-30-26(31)35-14-22(32)28-25-23(24(27)33)18-9-7-16(3)12-20(18)36-25/h5-6,8,11,16H,1,7,9-10,12-14H2,2-4H3,(H2,27,33)(H,28,32). The summed E-state index contributed by atoms with van der Waals surface area (Å²) in [6.45, 7) is 10.8. The van der Waals surface area contributed by atoms with Gasteiger partial charge in [0.2, 0.25) is 5.91 Å². The lowest BCUT2D eigenvalue weighted by Gasteiger charge is -2.18. The van der Waals surface area contributed by atoms with Gasteiger partial charge in [-0.25, -0.2) is 0 Å². The number of allylic oxidation sites excluding steroid dienone is 1. The minimum atomic E-state index is -0.496. The van der Waals surface area contributed by atoms with E-state index in [1.165, 1.54) is 23.1 Å². The van der Waals surface area contributed by atoms with Crippen molar-refractivity contribution in [2.45, 2.75) is 58.3 Å². The Bertz CT molecular complexity index is 1300. The van der Waals surface area contributed by atoms with Crippen LogP contribution in [0.3, 0.4) is 0 Å². The predicted molar refractivity (Wildman–Crippen MR) is 144 cm³/mol. The van der Waals surface area contributed by atoms with Crippen LogP contribution in [0, 0.1) is 19.8 Å². The second-order valence-electron chi connectivity index (χ2n) is 9.11. The Hall–Kier alpha value is -3.11. The number of ether oxygens (including phenoxy) is 1. The third kappa shape index (κ3) is 5.82. The Morgan fingerprint density at radius 3 is 2.92 bits per heavy atom. The first-order valence-electron chi connectivity index (χ1n) is 11.9. The molecule has 4 rings (SSSR count). The molecule has 0 aliphatic heterocycles.